The Labute approximate surface area is 125 Å². The molecule has 2 aromatic rings. The van der Waals surface area contributed by atoms with Crippen LogP contribution in [0, 0.1) is 6.92 Å². The lowest BCUT2D eigenvalue weighted by atomic mass is 10.1. The van der Waals surface area contributed by atoms with Crippen molar-refractivity contribution in [1.29, 1.82) is 0 Å². The van der Waals surface area contributed by atoms with E-state index >= 15 is 0 Å². The van der Waals surface area contributed by atoms with Crippen LogP contribution in [0.5, 0.6) is 0 Å². The summed E-state index contributed by atoms with van der Waals surface area (Å²) in [5.41, 5.74) is 3.01. The van der Waals surface area contributed by atoms with Crippen LogP contribution >= 0.6 is 0 Å². The summed E-state index contributed by atoms with van der Waals surface area (Å²) in [6.45, 7) is 3.82. The van der Waals surface area contributed by atoms with Crippen LogP contribution in [0.2, 0.25) is 0 Å². The highest BCUT2D eigenvalue weighted by atomic mass is 32.2. The highest BCUT2D eigenvalue weighted by Gasteiger charge is 2.10. The Hall–Kier alpha value is -2.20. The van der Waals surface area contributed by atoms with Gasteiger partial charge in [0.25, 0.3) is 10.0 Å². The minimum Gasteiger partial charge on any atom is -0.199 e. The zero-order chi connectivity index (χ0) is 15.3. The van der Waals surface area contributed by atoms with Crippen molar-refractivity contribution in [3.63, 3.8) is 0 Å². The summed E-state index contributed by atoms with van der Waals surface area (Å²) in [6, 6.07) is 16.4. The van der Waals surface area contributed by atoms with Crippen molar-refractivity contribution < 1.29 is 8.42 Å². The van der Waals surface area contributed by atoms with E-state index in [-0.39, 0.29) is 4.90 Å². The van der Waals surface area contributed by atoms with Gasteiger partial charge < -0.3 is 0 Å². The van der Waals surface area contributed by atoms with Gasteiger partial charge in [-0.1, -0.05) is 48.0 Å². The number of sulfonamides is 1. The summed E-state index contributed by atoms with van der Waals surface area (Å²) in [5, 5.41) is 0. The second kappa shape index (κ2) is 6.50. The van der Waals surface area contributed by atoms with Crippen LogP contribution in [-0.2, 0) is 10.0 Å². The fourth-order valence-electron chi connectivity index (χ4n) is 1.79. The van der Waals surface area contributed by atoms with Gasteiger partial charge in [-0.15, -0.1) is 0 Å². The van der Waals surface area contributed by atoms with Crippen molar-refractivity contribution in [3.8, 4) is 0 Å². The van der Waals surface area contributed by atoms with Crippen molar-refractivity contribution in [2.24, 2.45) is 4.40 Å². The Bertz CT molecular complexity index is 758. The second-order valence-corrected chi connectivity index (χ2v) is 6.39. The van der Waals surface area contributed by atoms with E-state index in [1.54, 1.807) is 30.3 Å². The summed E-state index contributed by atoms with van der Waals surface area (Å²) in [5.74, 6) is 0. The normalized spacial score (nSPS) is 12.8. The summed E-state index contributed by atoms with van der Waals surface area (Å²) in [6.07, 6.45) is 3.03. The van der Waals surface area contributed by atoms with Gasteiger partial charge >= 0.3 is 0 Å². The van der Waals surface area contributed by atoms with Crippen LogP contribution in [0.1, 0.15) is 18.1 Å². The number of allylic oxidation sites excluding steroid dienone is 2. The van der Waals surface area contributed by atoms with Gasteiger partial charge in [-0.2, -0.15) is 12.8 Å². The highest BCUT2D eigenvalue weighted by Crippen LogP contribution is 2.14. The predicted octanol–water partition coefficient (Wildman–Crippen LogP) is 3.86. The smallest absolute Gasteiger partial charge is 0.199 e. The molecule has 0 N–H and O–H groups in total. The van der Waals surface area contributed by atoms with Gasteiger partial charge in [-0.05, 0) is 43.2 Å². The van der Waals surface area contributed by atoms with E-state index in [0.717, 1.165) is 16.7 Å². The van der Waals surface area contributed by atoms with E-state index in [4.69, 9.17) is 0 Å². The molecule has 0 radical (unpaired) electrons. The molecule has 0 unspecified atom stereocenters. The number of nitrogens with zero attached hydrogens (tertiary/aromatic N) is 1. The van der Waals surface area contributed by atoms with E-state index < -0.39 is 10.0 Å². The predicted molar refractivity (Wildman–Crippen MR) is 86.9 cm³/mol. The number of hydrogen-bond donors (Lipinski definition) is 0. The Kier molecular flexibility index (Phi) is 4.70. The molecule has 0 spiro atoms. The lowest BCUT2D eigenvalue weighted by Crippen LogP contribution is -1.96. The lowest BCUT2D eigenvalue weighted by Gasteiger charge is -2.00. The second-order valence-electron chi connectivity index (χ2n) is 4.76. The summed E-state index contributed by atoms with van der Waals surface area (Å²) < 4.78 is 27.8. The summed E-state index contributed by atoms with van der Waals surface area (Å²) in [7, 11) is -3.63. The highest BCUT2D eigenvalue weighted by molar-refractivity contribution is 7.90. The maximum absolute atomic E-state index is 12.0. The van der Waals surface area contributed by atoms with Crippen LogP contribution in [0.15, 0.2) is 70.0 Å². The minimum absolute atomic E-state index is 0.204. The number of rotatable bonds is 4. The number of aryl methyl sites for hydroxylation is 1. The Morgan fingerprint density at radius 1 is 1.00 bits per heavy atom. The zero-order valence-electron chi connectivity index (χ0n) is 12.0. The molecule has 2 rings (SSSR count). The van der Waals surface area contributed by atoms with Gasteiger partial charge in [-0.3, -0.25) is 0 Å². The van der Waals surface area contributed by atoms with Gasteiger partial charge in [0.05, 0.1) is 4.90 Å². The van der Waals surface area contributed by atoms with Gasteiger partial charge in [0.2, 0.25) is 0 Å². The molecule has 0 saturated heterocycles. The quantitative estimate of drug-likeness (QED) is 0.805. The topological polar surface area (TPSA) is 46.5 Å². The van der Waals surface area contributed by atoms with Crippen LogP contribution in [0.4, 0.5) is 0 Å². The van der Waals surface area contributed by atoms with E-state index in [1.165, 1.54) is 6.21 Å². The maximum atomic E-state index is 12.0. The van der Waals surface area contributed by atoms with Gasteiger partial charge in [0.15, 0.2) is 0 Å². The average molecular weight is 299 g/mol. The van der Waals surface area contributed by atoms with E-state index in [2.05, 4.69) is 4.40 Å². The van der Waals surface area contributed by atoms with Crippen molar-refractivity contribution >= 4 is 21.8 Å². The molecule has 0 heterocycles. The maximum Gasteiger partial charge on any atom is 0.282 e. The monoisotopic (exact) mass is 299 g/mol. The molecule has 0 aliphatic carbocycles. The molecular formula is C17H17NO2S. The molecule has 0 bridgehead atoms. The van der Waals surface area contributed by atoms with E-state index in [0.29, 0.717) is 0 Å². The number of hydrogen-bond acceptors (Lipinski definition) is 2. The fourth-order valence-corrected chi connectivity index (χ4v) is 2.61. The van der Waals surface area contributed by atoms with Crippen molar-refractivity contribution in [2.45, 2.75) is 18.7 Å². The first-order valence-electron chi connectivity index (χ1n) is 6.58. The van der Waals surface area contributed by atoms with Crippen molar-refractivity contribution in [3.05, 3.63) is 71.8 Å². The van der Waals surface area contributed by atoms with Gasteiger partial charge in [-0.25, -0.2) is 0 Å². The minimum atomic E-state index is -3.63. The van der Waals surface area contributed by atoms with Crippen LogP contribution < -0.4 is 0 Å². The third-order valence-corrected chi connectivity index (χ3v) is 4.34. The molecule has 21 heavy (non-hydrogen) atoms. The molecule has 0 fully saturated rings. The van der Waals surface area contributed by atoms with Crippen LogP contribution in [0.3, 0.4) is 0 Å². The SMILES string of the molecule is C/C(=C/C=N\S(=O)(=O)c1ccc(C)cc1)c1ccccc1. The molecule has 4 heteroatoms. The molecule has 0 amide bonds. The number of benzene rings is 2. The molecular weight excluding hydrogens is 282 g/mol. The van der Waals surface area contributed by atoms with E-state index in [9.17, 15) is 8.42 Å². The van der Waals surface area contributed by atoms with E-state index in [1.807, 2.05) is 44.2 Å². The summed E-state index contributed by atoms with van der Waals surface area (Å²) >= 11 is 0. The van der Waals surface area contributed by atoms with Crippen molar-refractivity contribution in [1.82, 2.24) is 0 Å². The first kappa shape index (κ1) is 15.2. The molecule has 108 valence electrons. The molecule has 0 aromatic heterocycles. The largest absolute Gasteiger partial charge is 0.282 e. The molecule has 2 aromatic carbocycles. The molecule has 0 aliphatic heterocycles. The van der Waals surface area contributed by atoms with Gasteiger partial charge in [0.1, 0.15) is 0 Å². The van der Waals surface area contributed by atoms with Crippen LogP contribution in [0.25, 0.3) is 5.57 Å². The zero-order valence-corrected chi connectivity index (χ0v) is 12.8. The summed E-state index contributed by atoms with van der Waals surface area (Å²) in [4.78, 5) is 0.204. The average Bonchev–Trinajstić information content (AvgIpc) is 2.48. The first-order valence-corrected chi connectivity index (χ1v) is 8.02. The molecule has 0 atom stereocenters. The third-order valence-electron chi connectivity index (χ3n) is 3.07. The Balaban J connectivity index is 2.19. The van der Waals surface area contributed by atoms with Crippen LogP contribution in [-0.4, -0.2) is 14.6 Å². The third kappa shape index (κ3) is 4.13. The standard InChI is InChI=1S/C17H17NO2S/c1-14-8-10-17(11-9-14)21(19,20)18-13-12-15(2)16-6-4-3-5-7-16/h3-13H,1-2H3/b15-12-,18-13-. The Morgan fingerprint density at radius 3 is 2.24 bits per heavy atom. The van der Waals surface area contributed by atoms with Gasteiger partial charge in [0, 0.05) is 6.21 Å². The molecule has 0 aliphatic rings. The lowest BCUT2D eigenvalue weighted by molar-refractivity contribution is 0.598. The Morgan fingerprint density at radius 2 is 1.62 bits per heavy atom. The molecule has 3 nitrogen and oxygen atoms in total. The molecule has 0 saturated carbocycles. The fraction of sp³-hybridized carbons (Fsp3) is 0.118. The first-order chi connectivity index (χ1) is 9.99. The van der Waals surface area contributed by atoms with Crippen molar-refractivity contribution in [2.75, 3.05) is 0 Å².